The molecular formula is C22H26N4O6S. The maximum atomic E-state index is 12.9. The Labute approximate surface area is 192 Å². The molecule has 10 nitrogen and oxygen atoms in total. The Morgan fingerprint density at radius 1 is 1.06 bits per heavy atom. The molecule has 0 aliphatic carbocycles. The maximum Gasteiger partial charge on any atom is 0.293 e. The monoisotopic (exact) mass is 474 g/mol. The summed E-state index contributed by atoms with van der Waals surface area (Å²) in [6.45, 7) is 1.98. The molecule has 0 atom stereocenters. The summed E-state index contributed by atoms with van der Waals surface area (Å²) >= 11 is 0. The molecule has 2 aliphatic heterocycles. The number of benzene rings is 2. The van der Waals surface area contributed by atoms with E-state index in [0.29, 0.717) is 26.2 Å². The van der Waals surface area contributed by atoms with Gasteiger partial charge in [0.15, 0.2) is 0 Å². The van der Waals surface area contributed by atoms with Gasteiger partial charge in [-0.3, -0.25) is 14.9 Å². The van der Waals surface area contributed by atoms with Gasteiger partial charge >= 0.3 is 0 Å². The fourth-order valence-electron chi connectivity index (χ4n) is 4.02. The van der Waals surface area contributed by atoms with Gasteiger partial charge in [0.25, 0.3) is 5.69 Å². The molecule has 2 heterocycles. The van der Waals surface area contributed by atoms with Crippen molar-refractivity contribution in [2.24, 2.45) is 0 Å². The lowest BCUT2D eigenvalue weighted by Crippen LogP contribution is -2.40. The molecule has 2 aliphatic rings. The van der Waals surface area contributed by atoms with Gasteiger partial charge < -0.3 is 15.0 Å². The molecule has 0 unspecified atom stereocenters. The van der Waals surface area contributed by atoms with Crippen molar-refractivity contribution in [1.82, 2.24) is 4.31 Å². The number of carbonyl (C=O) groups excluding carboxylic acids is 1. The van der Waals surface area contributed by atoms with Crippen LogP contribution in [0, 0.1) is 10.1 Å². The zero-order valence-corrected chi connectivity index (χ0v) is 18.9. The number of amides is 1. The van der Waals surface area contributed by atoms with Gasteiger partial charge in [0.05, 0.1) is 23.0 Å². The number of carbonyl (C=O) groups is 1. The first-order chi connectivity index (χ1) is 15.9. The van der Waals surface area contributed by atoms with Gasteiger partial charge in [-0.05, 0) is 42.7 Å². The van der Waals surface area contributed by atoms with Gasteiger partial charge in [-0.25, -0.2) is 8.42 Å². The number of hydrogen-bond acceptors (Lipinski definition) is 7. The molecule has 2 saturated heterocycles. The number of nitrogens with one attached hydrogen (secondary N) is 1. The summed E-state index contributed by atoms with van der Waals surface area (Å²) < 4.78 is 32.2. The Morgan fingerprint density at radius 2 is 1.85 bits per heavy atom. The van der Waals surface area contributed by atoms with Crippen LogP contribution in [0.4, 0.5) is 17.1 Å². The predicted molar refractivity (Wildman–Crippen MR) is 123 cm³/mol. The van der Waals surface area contributed by atoms with E-state index in [1.807, 2.05) is 24.3 Å². The van der Waals surface area contributed by atoms with Crippen molar-refractivity contribution in [2.75, 3.05) is 43.1 Å². The topological polar surface area (TPSA) is 122 Å². The lowest BCUT2D eigenvalue weighted by Gasteiger charge is -2.27. The molecule has 2 fully saturated rings. The number of piperidine rings is 1. The Hall–Kier alpha value is -3.02. The van der Waals surface area contributed by atoms with E-state index in [-0.39, 0.29) is 41.8 Å². The summed E-state index contributed by atoms with van der Waals surface area (Å²) in [4.78, 5) is 24.9. The van der Waals surface area contributed by atoms with Crippen LogP contribution in [0.5, 0.6) is 0 Å². The average Bonchev–Trinajstić information content (AvgIpc) is 2.83. The van der Waals surface area contributed by atoms with Crippen LogP contribution in [-0.4, -0.2) is 56.4 Å². The number of nitro benzene ring substituents is 1. The van der Waals surface area contributed by atoms with E-state index in [1.54, 1.807) is 4.90 Å². The van der Waals surface area contributed by atoms with E-state index in [0.717, 1.165) is 30.2 Å². The van der Waals surface area contributed by atoms with E-state index in [4.69, 9.17) is 4.74 Å². The molecule has 2 aromatic carbocycles. The van der Waals surface area contributed by atoms with Crippen molar-refractivity contribution < 1.29 is 22.9 Å². The highest BCUT2D eigenvalue weighted by molar-refractivity contribution is 7.89. The third-order valence-electron chi connectivity index (χ3n) is 5.80. The van der Waals surface area contributed by atoms with Gasteiger partial charge in [-0.1, -0.05) is 12.1 Å². The lowest BCUT2D eigenvalue weighted by molar-refractivity contribution is -0.384. The highest BCUT2D eigenvalue weighted by atomic mass is 32.2. The van der Waals surface area contributed by atoms with Crippen molar-refractivity contribution in [1.29, 1.82) is 0 Å². The maximum absolute atomic E-state index is 12.9. The fourth-order valence-corrected chi connectivity index (χ4v) is 5.45. The Morgan fingerprint density at radius 3 is 2.58 bits per heavy atom. The standard InChI is InChI=1S/C22H26N4O6S/c27-22-6-1-2-9-25(22)18-5-3-4-17(14-18)16-23-20-8-7-19(15-21(20)26(28)29)33(30,31)24-10-12-32-13-11-24/h3-5,7-8,14-15,23H,1-2,6,9-13,16H2. The van der Waals surface area contributed by atoms with E-state index < -0.39 is 14.9 Å². The van der Waals surface area contributed by atoms with E-state index in [1.165, 1.54) is 16.4 Å². The third-order valence-corrected chi connectivity index (χ3v) is 7.70. The zero-order valence-electron chi connectivity index (χ0n) is 18.1. The van der Waals surface area contributed by atoms with Crippen LogP contribution in [-0.2, 0) is 26.1 Å². The highest BCUT2D eigenvalue weighted by Gasteiger charge is 2.29. The van der Waals surface area contributed by atoms with Crippen LogP contribution in [0.2, 0.25) is 0 Å². The SMILES string of the molecule is O=C1CCCCN1c1cccc(CNc2ccc(S(=O)(=O)N3CCOCC3)cc2[N+](=O)[O-])c1. The lowest BCUT2D eigenvalue weighted by atomic mass is 10.1. The van der Waals surface area contributed by atoms with E-state index in [9.17, 15) is 23.3 Å². The number of sulfonamides is 1. The zero-order chi connectivity index (χ0) is 23.4. The summed E-state index contributed by atoms with van der Waals surface area (Å²) in [5.41, 5.74) is 1.57. The van der Waals surface area contributed by atoms with Crippen LogP contribution in [0.15, 0.2) is 47.4 Å². The van der Waals surface area contributed by atoms with E-state index in [2.05, 4.69) is 5.32 Å². The average molecular weight is 475 g/mol. The normalized spacial score (nSPS) is 17.7. The number of morpholine rings is 1. The summed E-state index contributed by atoms with van der Waals surface area (Å²) in [6, 6.07) is 11.4. The number of nitrogens with zero attached hydrogens (tertiary/aromatic N) is 3. The summed E-state index contributed by atoms with van der Waals surface area (Å²) in [5, 5.41) is 14.7. The number of anilines is 2. The number of ether oxygens (including phenoxy) is 1. The second-order valence-electron chi connectivity index (χ2n) is 7.98. The first kappa shape index (κ1) is 23.1. The smallest absolute Gasteiger partial charge is 0.293 e. The van der Waals surface area contributed by atoms with Gasteiger partial charge in [0.2, 0.25) is 15.9 Å². The molecule has 1 N–H and O–H groups in total. The number of hydrogen-bond donors (Lipinski definition) is 1. The molecular weight excluding hydrogens is 448 g/mol. The van der Waals surface area contributed by atoms with Gasteiger partial charge in [0, 0.05) is 44.4 Å². The first-order valence-corrected chi connectivity index (χ1v) is 12.3. The molecule has 4 rings (SSSR count). The molecule has 0 saturated carbocycles. The van der Waals surface area contributed by atoms with Crippen molar-refractivity contribution in [3.05, 3.63) is 58.1 Å². The van der Waals surface area contributed by atoms with E-state index >= 15 is 0 Å². The number of rotatable bonds is 7. The number of nitro groups is 1. The van der Waals surface area contributed by atoms with Crippen molar-refractivity contribution in [3.63, 3.8) is 0 Å². The van der Waals surface area contributed by atoms with Crippen molar-refractivity contribution in [2.45, 2.75) is 30.7 Å². The molecule has 0 aromatic heterocycles. The minimum atomic E-state index is -3.84. The molecule has 0 spiro atoms. The second kappa shape index (κ2) is 9.86. The quantitative estimate of drug-likeness (QED) is 0.484. The van der Waals surface area contributed by atoms with Crippen LogP contribution in [0.1, 0.15) is 24.8 Å². The Kier molecular flexibility index (Phi) is 6.91. The van der Waals surface area contributed by atoms with Gasteiger partial charge in [-0.15, -0.1) is 0 Å². The van der Waals surface area contributed by atoms with Gasteiger partial charge in [0.1, 0.15) is 5.69 Å². The summed E-state index contributed by atoms with van der Waals surface area (Å²) in [5.74, 6) is 0.0964. The largest absolute Gasteiger partial charge is 0.379 e. The fraction of sp³-hybridized carbons (Fsp3) is 0.409. The molecule has 1 amide bonds. The van der Waals surface area contributed by atoms with Crippen LogP contribution in [0.3, 0.4) is 0 Å². The highest BCUT2D eigenvalue weighted by Crippen LogP contribution is 2.30. The minimum Gasteiger partial charge on any atom is -0.379 e. The van der Waals surface area contributed by atoms with Crippen LogP contribution < -0.4 is 10.2 Å². The molecule has 176 valence electrons. The molecule has 11 heteroatoms. The molecule has 0 bridgehead atoms. The minimum absolute atomic E-state index is 0.0964. The van der Waals surface area contributed by atoms with Crippen molar-refractivity contribution in [3.8, 4) is 0 Å². The molecule has 33 heavy (non-hydrogen) atoms. The van der Waals surface area contributed by atoms with Gasteiger partial charge in [-0.2, -0.15) is 4.31 Å². The predicted octanol–water partition coefficient (Wildman–Crippen LogP) is 2.74. The third kappa shape index (κ3) is 5.15. The van der Waals surface area contributed by atoms with Crippen LogP contribution >= 0.6 is 0 Å². The second-order valence-corrected chi connectivity index (χ2v) is 9.92. The summed E-state index contributed by atoms with van der Waals surface area (Å²) in [7, 11) is -3.84. The first-order valence-electron chi connectivity index (χ1n) is 10.9. The molecule has 0 radical (unpaired) electrons. The Balaban J connectivity index is 1.52. The Bertz CT molecular complexity index is 1150. The van der Waals surface area contributed by atoms with Crippen molar-refractivity contribution >= 4 is 33.0 Å². The van der Waals surface area contributed by atoms with Crippen LogP contribution in [0.25, 0.3) is 0 Å². The summed E-state index contributed by atoms with van der Waals surface area (Å²) in [6.07, 6.45) is 2.39. The molecule has 2 aromatic rings.